The van der Waals surface area contributed by atoms with Crippen LogP contribution < -0.4 is 0 Å². The van der Waals surface area contributed by atoms with Gasteiger partial charge in [0.15, 0.2) is 0 Å². The first-order chi connectivity index (χ1) is 8.99. The van der Waals surface area contributed by atoms with Gasteiger partial charge >= 0.3 is 0 Å². The molecular weight excluding hydrogens is 256 g/mol. The maximum atomic E-state index is 8.68. The first-order valence-electron chi connectivity index (χ1n) is 6.75. The number of hydrogen-bond acceptors (Lipinski definition) is 5. The molecule has 0 aliphatic carbocycles. The van der Waals surface area contributed by atoms with Crippen molar-refractivity contribution >= 4 is 11.3 Å². The second kappa shape index (κ2) is 6.00. The lowest BCUT2D eigenvalue weighted by Gasteiger charge is -2.32. The predicted molar refractivity (Wildman–Crippen MR) is 78.1 cm³/mol. The molecule has 0 aromatic carbocycles. The zero-order valence-corrected chi connectivity index (χ0v) is 12.8. The molecule has 1 aromatic rings. The van der Waals surface area contributed by atoms with Crippen molar-refractivity contribution in [1.82, 2.24) is 14.8 Å². The van der Waals surface area contributed by atoms with Crippen molar-refractivity contribution in [3.63, 3.8) is 0 Å². The second-order valence-corrected chi connectivity index (χ2v) is 7.03. The number of aromatic nitrogens is 1. The molecule has 1 aromatic heterocycles. The topological polar surface area (TPSA) is 43.2 Å². The largest absolute Gasteiger partial charge is 0.294 e. The molecule has 2 heterocycles. The Balaban J connectivity index is 1.86. The minimum atomic E-state index is 0.139. The van der Waals surface area contributed by atoms with Crippen LogP contribution in [0.4, 0.5) is 0 Å². The van der Waals surface area contributed by atoms with Gasteiger partial charge in [0.25, 0.3) is 0 Å². The molecule has 0 atom stereocenters. The van der Waals surface area contributed by atoms with E-state index >= 15 is 0 Å². The third-order valence-electron chi connectivity index (χ3n) is 3.44. The zero-order valence-electron chi connectivity index (χ0n) is 12.0. The van der Waals surface area contributed by atoms with E-state index in [-0.39, 0.29) is 5.41 Å². The van der Waals surface area contributed by atoms with Crippen LogP contribution in [-0.2, 0) is 12.0 Å². The average molecular weight is 278 g/mol. The summed E-state index contributed by atoms with van der Waals surface area (Å²) >= 11 is 1.76. The number of thiazole rings is 1. The molecule has 1 aliphatic heterocycles. The van der Waals surface area contributed by atoms with E-state index in [1.165, 1.54) is 10.7 Å². The molecule has 0 spiro atoms. The predicted octanol–water partition coefficient (Wildman–Crippen LogP) is 2.08. The van der Waals surface area contributed by atoms with Gasteiger partial charge in [-0.25, -0.2) is 4.98 Å². The molecule has 0 N–H and O–H groups in total. The van der Waals surface area contributed by atoms with Crippen LogP contribution in [0.15, 0.2) is 5.38 Å². The maximum absolute atomic E-state index is 8.68. The van der Waals surface area contributed by atoms with E-state index in [4.69, 9.17) is 10.2 Å². The van der Waals surface area contributed by atoms with E-state index in [1.807, 2.05) is 0 Å². The Bertz CT molecular complexity index is 447. The first-order valence-corrected chi connectivity index (χ1v) is 7.63. The van der Waals surface area contributed by atoms with Gasteiger partial charge in [-0.1, -0.05) is 20.8 Å². The van der Waals surface area contributed by atoms with Crippen molar-refractivity contribution in [2.24, 2.45) is 0 Å². The average Bonchev–Trinajstić information content (AvgIpc) is 2.80. The van der Waals surface area contributed by atoms with Crippen LogP contribution in [0, 0.1) is 11.3 Å². The number of hydrogen-bond donors (Lipinski definition) is 0. The summed E-state index contributed by atoms with van der Waals surface area (Å²) in [5.74, 6) is 0. The van der Waals surface area contributed by atoms with E-state index in [0.717, 1.165) is 32.7 Å². The maximum Gasteiger partial charge on any atom is 0.107 e. The molecule has 0 bridgehead atoms. The molecule has 0 unspecified atom stereocenters. The molecule has 1 saturated heterocycles. The highest BCUT2D eigenvalue weighted by Crippen LogP contribution is 2.24. The quantitative estimate of drug-likeness (QED) is 0.794. The Morgan fingerprint density at radius 1 is 1.26 bits per heavy atom. The zero-order chi connectivity index (χ0) is 13.9. The summed E-state index contributed by atoms with van der Waals surface area (Å²) in [5, 5.41) is 12.1. The number of nitrogens with zero attached hydrogens (tertiary/aromatic N) is 4. The van der Waals surface area contributed by atoms with Crippen LogP contribution in [0.1, 0.15) is 31.5 Å². The van der Waals surface area contributed by atoms with Crippen LogP contribution >= 0.6 is 11.3 Å². The number of piperazine rings is 1. The molecule has 0 saturated carbocycles. The van der Waals surface area contributed by atoms with Crippen molar-refractivity contribution in [3.05, 3.63) is 16.1 Å². The van der Waals surface area contributed by atoms with Crippen LogP contribution in [0.5, 0.6) is 0 Å². The van der Waals surface area contributed by atoms with Crippen LogP contribution in [-0.4, -0.2) is 47.5 Å². The van der Waals surface area contributed by atoms with E-state index in [1.54, 1.807) is 11.3 Å². The summed E-state index contributed by atoms with van der Waals surface area (Å²) in [5.41, 5.74) is 1.33. The molecule has 19 heavy (non-hydrogen) atoms. The van der Waals surface area contributed by atoms with E-state index < -0.39 is 0 Å². The van der Waals surface area contributed by atoms with Gasteiger partial charge < -0.3 is 0 Å². The lowest BCUT2D eigenvalue weighted by molar-refractivity contribution is 0.138. The third kappa shape index (κ3) is 4.00. The minimum absolute atomic E-state index is 0.139. The third-order valence-corrected chi connectivity index (χ3v) is 4.27. The summed E-state index contributed by atoms with van der Waals surface area (Å²) in [4.78, 5) is 9.38. The second-order valence-electron chi connectivity index (χ2n) is 6.09. The van der Waals surface area contributed by atoms with E-state index in [0.29, 0.717) is 6.54 Å². The molecule has 0 amide bonds. The van der Waals surface area contributed by atoms with Crippen molar-refractivity contribution in [3.8, 4) is 6.07 Å². The van der Waals surface area contributed by atoms with Crippen molar-refractivity contribution in [2.45, 2.75) is 32.7 Å². The van der Waals surface area contributed by atoms with Crippen LogP contribution in [0.3, 0.4) is 0 Å². The lowest BCUT2D eigenvalue weighted by Crippen LogP contribution is -2.45. The monoisotopic (exact) mass is 278 g/mol. The van der Waals surface area contributed by atoms with Gasteiger partial charge in [0, 0.05) is 37.0 Å². The van der Waals surface area contributed by atoms with Crippen LogP contribution in [0.25, 0.3) is 0 Å². The lowest BCUT2D eigenvalue weighted by atomic mass is 9.93. The number of nitriles is 1. The van der Waals surface area contributed by atoms with Gasteiger partial charge in [-0.15, -0.1) is 11.3 Å². The summed E-state index contributed by atoms with van der Waals surface area (Å²) in [6.45, 7) is 12.2. The Morgan fingerprint density at radius 3 is 2.42 bits per heavy atom. The fourth-order valence-electron chi connectivity index (χ4n) is 2.12. The Morgan fingerprint density at radius 2 is 1.89 bits per heavy atom. The standard InChI is InChI=1S/C14H22N4S/c1-14(2,3)12-11-19-13(16-12)10-18-8-6-17(5-4-15)7-9-18/h11H,5-10H2,1-3H3. The summed E-state index contributed by atoms with van der Waals surface area (Å²) in [6.07, 6.45) is 0. The highest BCUT2D eigenvalue weighted by molar-refractivity contribution is 7.09. The van der Waals surface area contributed by atoms with Gasteiger partial charge in [-0.05, 0) is 0 Å². The summed E-state index contributed by atoms with van der Waals surface area (Å²) in [6, 6.07) is 2.22. The van der Waals surface area contributed by atoms with Gasteiger partial charge in [-0.3, -0.25) is 9.80 Å². The molecule has 1 fully saturated rings. The smallest absolute Gasteiger partial charge is 0.107 e. The molecule has 4 nitrogen and oxygen atoms in total. The van der Waals surface area contributed by atoms with E-state index in [9.17, 15) is 0 Å². The molecular formula is C14H22N4S. The van der Waals surface area contributed by atoms with Gasteiger partial charge in [0.2, 0.25) is 0 Å². The van der Waals surface area contributed by atoms with Crippen molar-refractivity contribution in [2.75, 3.05) is 32.7 Å². The molecule has 0 radical (unpaired) electrons. The molecule has 104 valence electrons. The van der Waals surface area contributed by atoms with Gasteiger partial charge in [0.05, 0.1) is 24.9 Å². The normalized spacial score (nSPS) is 18.4. The fourth-order valence-corrected chi connectivity index (χ4v) is 3.19. The minimum Gasteiger partial charge on any atom is -0.294 e. The number of rotatable bonds is 3. The van der Waals surface area contributed by atoms with Gasteiger partial charge in [0.1, 0.15) is 5.01 Å². The first kappa shape index (κ1) is 14.4. The van der Waals surface area contributed by atoms with Crippen molar-refractivity contribution < 1.29 is 0 Å². The molecule has 1 aliphatic rings. The fraction of sp³-hybridized carbons (Fsp3) is 0.714. The Kier molecular flexibility index (Phi) is 4.56. The Hall–Kier alpha value is -0.960. The van der Waals surface area contributed by atoms with Gasteiger partial charge in [-0.2, -0.15) is 5.26 Å². The SMILES string of the molecule is CC(C)(C)c1csc(CN2CCN(CC#N)CC2)n1. The molecule has 2 rings (SSSR count). The molecule has 5 heteroatoms. The highest BCUT2D eigenvalue weighted by atomic mass is 32.1. The van der Waals surface area contributed by atoms with E-state index in [2.05, 4.69) is 42.0 Å². The van der Waals surface area contributed by atoms with Crippen LogP contribution in [0.2, 0.25) is 0 Å². The Labute approximate surface area is 119 Å². The summed E-state index contributed by atoms with van der Waals surface area (Å²) in [7, 11) is 0. The summed E-state index contributed by atoms with van der Waals surface area (Å²) < 4.78 is 0. The highest BCUT2D eigenvalue weighted by Gasteiger charge is 2.20. The van der Waals surface area contributed by atoms with Crippen molar-refractivity contribution in [1.29, 1.82) is 5.26 Å².